The molecule has 3 heteroatoms. The van der Waals surface area contributed by atoms with E-state index >= 15 is 0 Å². The Kier molecular flexibility index (Phi) is 4.91. The molecular weight excluding hydrogens is 214 g/mol. The zero-order valence-electron chi connectivity index (χ0n) is 10.5. The maximum Gasteiger partial charge on any atom is 0.246 e. The number of aliphatic hydroxyl groups excluding tert-OH is 1. The second-order valence-corrected chi connectivity index (χ2v) is 4.05. The van der Waals surface area contributed by atoms with E-state index in [-0.39, 0.29) is 11.9 Å². The lowest BCUT2D eigenvalue weighted by molar-refractivity contribution is -0.128. The molecule has 0 saturated carbocycles. The van der Waals surface area contributed by atoms with Gasteiger partial charge in [-0.2, -0.15) is 0 Å². The van der Waals surface area contributed by atoms with Crippen molar-refractivity contribution in [3.63, 3.8) is 0 Å². The van der Waals surface area contributed by atoms with Gasteiger partial charge in [-0.3, -0.25) is 4.79 Å². The Labute approximate surface area is 102 Å². The quantitative estimate of drug-likeness (QED) is 0.809. The highest BCUT2D eigenvalue weighted by Crippen LogP contribution is 2.19. The van der Waals surface area contributed by atoms with Crippen LogP contribution in [0.3, 0.4) is 0 Å². The monoisotopic (exact) mass is 233 g/mol. The van der Waals surface area contributed by atoms with Gasteiger partial charge in [-0.25, -0.2) is 0 Å². The van der Waals surface area contributed by atoms with E-state index in [1.54, 1.807) is 20.0 Å². The van der Waals surface area contributed by atoms with Gasteiger partial charge in [-0.1, -0.05) is 36.4 Å². The largest absolute Gasteiger partial charge is 0.386 e. The Hall–Kier alpha value is -1.61. The first kappa shape index (κ1) is 13.5. The van der Waals surface area contributed by atoms with Crippen molar-refractivity contribution >= 4 is 5.91 Å². The van der Waals surface area contributed by atoms with Gasteiger partial charge in [-0.05, 0) is 25.5 Å². The van der Waals surface area contributed by atoms with Crippen LogP contribution < -0.4 is 0 Å². The standard InChI is InChI=1S/C14H19NO2/c1-4-8-13(16)15(3)11(2)14(17)12-9-6-5-7-10-12/h4-11,14,17H,1-3H3/b8-4+/t11-,14+/m1/s1. The molecule has 1 aromatic rings. The third-order valence-corrected chi connectivity index (χ3v) is 2.87. The van der Waals surface area contributed by atoms with E-state index in [9.17, 15) is 9.90 Å². The van der Waals surface area contributed by atoms with Crippen molar-refractivity contribution in [1.29, 1.82) is 0 Å². The molecule has 0 bridgehead atoms. The number of aliphatic hydroxyl groups is 1. The predicted octanol–water partition coefficient (Wildman–Crippen LogP) is 2.14. The smallest absolute Gasteiger partial charge is 0.246 e. The van der Waals surface area contributed by atoms with E-state index in [1.165, 1.54) is 11.0 Å². The number of carbonyl (C=O) groups is 1. The SMILES string of the molecule is C/C=C/C(=O)N(C)[C@H](C)[C@H](O)c1ccccc1. The Morgan fingerprint density at radius 1 is 1.35 bits per heavy atom. The van der Waals surface area contributed by atoms with Gasteiger partial charge < -0.3 is 10.0 Å². The van der Waals surface area contributed by atoms with Crippen LogP contribution in [-0.4, -0.2) is 29.0 Å². The molecule has 0 aliphatic rings. The Bertz CT molecular complexity index is 386. The van der Waals surface area contributed by atoms with E-state index in [1.807, 2.05) is 37.3 Å². The average Bonchev–Trinajstić information content (AvgIpc) is 2.37. The highest BCUT2D eigenvalue weighted by Gasteiger charge is 2.22. The predicted molar refractivity (Wildman–Crippen MR) is 68.4 cm³/mol. The third kappa shape index (κ3) is 3.43. The van der Waals surface area contributed by atoms with Gasteiger partial charge in [0.05, 0.1) is 12.1 Å². The molecule has 1 amide bonds. The van der Waals surface area contributed by atoms with Gasteiger partial charge in [0.15, 0.2) is 0 Å². The summed E-state index contributed by atoms with van der Waals surface area (Å²) in [5.41, 5.74) is 0.820. The van der Waals surface area contributed by atoms with E-state index in [4.69, 9.17) is 0 Å². The molecule has 0 aromatic heterocycles. The zero-order valence-corrected chi connectivity index (χ0v) is 10.5. The van der Waals surface area contributed by atoms with Crippen LogP contribution in [-0.2, 0) is 4.79 Å². The summed E-state index contributed by atoms with van der Waals surface area (Å²) in [5, 5.41) is 10.2. The molecule has 0 heterocycles. The van der Waals surface area contributed by atoms with Crippen LogP contribution in [0.1, 0.15) is 25.5 Å². The summed E-state index contributed by atoms with van der Waals surface area (Å²) >= 11 is 0. The first-order valence-electron chi connectivity index (χ1n) is 5.70. The Balaban J connectivity index is 2.76. The van der Waals surface area contributed by atoms with Crippen molar-refractivity contribution in [3.8, 4) is 0 Å². The van der Waals surface area contributed by atoms with E-state index in [0.717, 1.165) is 5.56 Å². The van der Waals surface area contributed by atoms with Crippen LogP contribution in [0.4, 0.5) is 0 Å². The fourth-order valence-corrected chi connectivity index (χ4v) is 1.60. The summed E-state index contributed by atoms with van der Waals surface area (Å²) in [4.78, 5) is 13.2. The van der Waals surface area contributed by atoms with Gasteiger partial charge in [0.25, 0.3) is 0 Å². The normalized spacial score (nSPS) is 14.6. The molecule has 0 fully saturated rings. The van der Waals surface area contributed by atoms with Crippen LogP contribution in [0.5, 0.6) is 0 Å². The van der Waals surface area contributed by atoms with E-state index in [0.29, 0.717) is 0 Å². The summed E-state index contributed by atoms with van der Waals surface area (Å²) in [5.74, 6) is -0.102. The number of hydrogen-bond donors (Lipinski definition) is 1. The molecule has 0 aliphatic carbocycles. The Morgan fingerprint density at radius 3 is 2.47 bits per heavy atom. The third-order valence-electron chi connectivity index (χ3n) is 2.87. The summed E-state index contributed by atoms with van der Waals surface area (Å²) in [6, 6.07) is 9.10. The van der Waals surface area contributed by atoms with Gasteiger partial charge in [0.2, 0.25) is 5.91 Å². The molecule has 2 atom stereocenters. The van der Waals surface area contributed by atoms with Crippen molar-refractivity contribution in [2.75, 3.05) is 7.05 Å². The van der Waals surface area contributed by atoms with Gasteiger partial charge in [0, 0.05) is 7.05 Å². The average molecular weight is 233 g/mol. The maximum atomic E-state index is 11.6. The molecule has 1 aromatic carbocycles. The highest BCUT2D eigenvalue weighted by atomic mass is 16.3. The number of amides is 1. The van der Waals surface area contributed by atoms with Crippen LogP contribution in [0.2, 0.25) is 0 Å². The lowest BCUT2D eigenvalue weighted by Gasteiger charge is -2.28. The summed E-state index contributed by atoms with van der Waals surface area (Å²) in [6.07, 6.45) is 2.52. The molecular formula is C14H19NO2. The molecule has 17 heavy (non-hydrogen) atoms. The highest BCUT2D eigenvalue weighted by molar-refractivity contribution is 5.87. The minimum Gasteiger partial charge on any atom is -0.386 e. The van der Waals surface area contributed by atoms with Crippen LogP contribution in [0.25, 0.3) is 0 Å². The topological polar surface area (TPSA) is 40.5 Å². The Morgan fingerprint density at radius 2 is 1.94 bits per heavy atom. The van der Waals surface area contributed by atoms with Crippen molar-refractivity contribution in [3.05, 3.63) is 48.0 Å². The number of nitrogens with zero attached hydrogens (tertiary/aromatic N) is 1. The summed E-state index contributed by atoms with van der Waals surface area (Å²) < 4.78 is 0. The molecule has 1 N–H and O–H groups in total. The summed E-state index contributed by atoms with van der Waals surface area (Å²) in [7, 11) is 1.69. The number of carbonyl (C=O) groups excluding carboxylic acids is 1. The van der Waals surface area contributed by atoms with Crippen molar-refractivity contribution in [2.45, 2.75) is 26.0 Å². The fraction of sp³-hybridized carbons (Fsp3) is 0.357. The number of benzene rings is 1. The summed E-state index contributed by atoms with van der Waals surface area (Å²) in [6.45, 7) is 3.63. The molecule has 3 nitrogen and oxygen atoms in total. The van der Waals surface area contributed by atoms with Gasteiger partial charge >= 0.3 is 0 Å². The van der Waals surface area contributed by atoms with Gasteiger partial charge in [0.1, 0.15) is 0 Å². The van der Waals surface area contributed by atoms with Crippen LogP contribution in [0.15, 0.2) is 42.5 Å². The molecule has 0 saturated heterocycles. The van der Waals surface area contributed by atoms with Gasteiger partial charge in [-0.15, -0.1) is 0 Å². The fourth-order valence-electron chi connectivity index (χ4n) is 1.60. The zero-order chi connectivity index (χ0) is 12.8. The molecule has 1 rings (SSSR count). The first-order chi connectivity index (χ1) is 8.07. The minimum atomic E-state index is -0.671. The number of allylic oxidation sites excluding steroid dienone is 1. The van der Waals surface area contributed by atoms with Crippen LogP contribution in [0, 0.1) is 0 Å². The van der Waals surface area contributed by atoms with Crippen molar-refractivity contribution < 1.29 is 9.90 Å². The number of rotatable bonds is 4. The molecule has 0 aliphatic heterocycles. The minimum absolute atomic E-state index is 0.102. The maximum absolute atomic E-state index is 11.6. The molecule has 0 radical (unpaired) electrons. The van der Waals surface area contributed by atoms with E-state index in [2.05, 4.69) is 0 Å². The van der Waals surface area contributed by atoms with Crippen molar-refractivity contribution in [2.24, 2.45) is 0 Å². The molecule has 0 unspecified atom stereocenters. The number of likely N-dealkylation sites (N-methyl/N-ethyl adjacent to an activating group) is 1. The lowest BCUT2D eigenvalue weighted by atomic mass is 10.0. The molecule has 0 spiro atoms. The number of hydrogen-bond acceptors (Lipinski definition) is 2. The second-order valence-electron chi connectivity index (χ2n) is 4.05. The molecule has 92 valence electrons. The first-order valence-corrected chi connectivity index (χ1v) is 5.70. The van der Waals surface area contributed by atoms with Crippen LogP contribution >= 0.6 is 0 Å². The van der Waals surface area contributed by atoms with E-state index < -0.39 is 6.10 Å². The lowest BCUT2D eigenvalue weighted by Crippen LogP contribution is -2.38. The van der Waals surface area contributed by atoms with Crippen molar-refractivity contribution in [1.82, 2.24) is 4.90 Å². The second kappa shape index (κ2) is 6.21.